The van der Waals surface area contributed by atoms with Crippen molar-refractivity contribution in [3.63, 3.8) is 0 Å². The number of anilines is 1. The van der Waals surface area contributed by atoms with E-state index in [4.69, 9.17) is 4.74 Å². The molecule has 7 heteroatoms. The summed E-state index contributed by atoms with van der Waals surface area (Å²) in [5.41, 5.74) is 7.84. The average molecular weight is 572 g/mol. The maximum absolute atomic E-state index is 14.1. The number of hydrogen-bond donors (Lipinski definition) is 2. The van der Waals surface area contributed by atoms with E-state index in [1.807, 2.05) is 102 Å². The third-order valence-corrected chi connectivity index (χ3v) is 7.99. The van der Waals surface area contributed by atoms with Gasteiger partial charge in [0.1, 0.15) is 17.2 Å². The van der Waals surface area contributed by atoms with Crippen molar-refractivity contribution >= 4 is 17.5 Å². The molecule has 0 aliphatic carbocycles. The second-order valence-electron chi connectivity index (χ2n) is 10.7. The molecule has 0 atom stereocenters. The number of nitrogens with one attached hydrogen (secondary N) is 1. The number of aryl methyl sites for hydroxylation is 1. The molecule has 0 bridgehead atoms. The van der Waals surface area contributed by atoms with Gasteiger partial charge in [0.15, 0.2) is 0 Å². The first-order valence-corrected chi connectivity index (χ1v) is 14.3. The molecule has 0 saturated heterocycles. The van der Waals surface area contributed by atoms with Crippen LogP contribution in [0.5, 0.6) is 11.5 Å². The number of nitrogens with zero attached hydrogens (tertiary/aromatic N) is 2. The molecule has 0 fully saturated rings. The summed E-state index contributed by atoms with van der Waals surface area (Å²) in [6.45, 7) is 3.29. The molecule has 216 valence electrons. The molecule has 1 aromatic heterocycles. The van der Waals surface area contributed by atoms with E-state index >= 15 is 0 Å². The van der Waals surface area contributed by atoms with Gasteiger partial charge in [0.05, 0.1) is 20.2 Å². The van der Waals surface area contributed by atoms with E-state index < -0.39 is 0 Å². The van der Waals surface area contributed by atoms with Crippen molar-refractivity contribution in [3.05, 3.63) is 137 Å². The predicted molar refractivity (Wildman–Crippen MR) is 168 cm³/mol. The molecule has 2 amide bonds. The molecule has 0 unspecified atom stereocenters. The second-order valence-corrected chi connectivity index (χ2v) is 10.7. The largest absolute Gasteiger partial charge is 0.508 e. The Kier molecular flexibility index (Phi) is 7.71. The van der Waals surface area contributed by atoms with Gasteiger partial charge in [-0.3, -0.25) is 9.59 Å². The summed E-state index contributed by atoms with van der Waals surface area (Å²) in [4.78, 5) is 29.1. The summed E-state index contributed by atoms with van der Waals surface area (Å²) in [6, 6.07) is 32.3. The predicted octanol–water partition coefficient (Wildman–Crippen LogP) is 6.36. The Morgan fingerprint density at radius 1 is 0.860 bits per heavy atom. The van der Waals surface area contributed by atoms with Crippen LogP contribution >= 0.6 is 0 Å². The fourth-order valence-corrected chi connectivity index (χ4v) is 5.73. The van der Waals surface area contributed by atoms with Crippen LogP contribution in [0.1, 0.15) is 43.2 Å². The second kappa shape index (κ2) is 11.9. The van der Waals surface area contributed by atoms with Crippen LogP contribution in [0.4, 0.5) is 5.69 Å². The third-order valence-electron chi connectivity index (χ3n) is 7.99. The fourth-order valence-electron chi connectivity index (χ4n) is 5.73. The molecule has 1 aliphatic rings. The number of hydrogen-bond acceptors (Lipinski definition) is 4. The standard InChI is InChI=1S/C36H33N3O4/c1-24-21-26(13-17-30(24)31-8-4-6-10-34(31)43-2)36(42)39-23-28-14-18-33(38(28)22-27-7-3-5-9-32(27)39)35(41)37-20-19-25-11-15-29(40)16-12-25/h3-18,21,40H,19-20,22-23H2,1-2H3,(H,37,41). The van der Waals surface area contributed by atoms with Crippen LogP contribution in [0.25, 0.3) is 11.1 Å². The van der Waals surface area contributed by atoms with E-state index in [-0.39, 0.29) is 17.6 Å². The number of phenols is 1. The number of methoxy groups -OCH3 is 1. The number of rotatable bonds is 7. The van der Waals surface area contributed by atoms with Gasteiger partial charge in [-0.25, -0.2) is 0 Å². The van der Waals surface area contributed by atoms with E-state index in [0.29, 0.717) is 37.3 Å². The first-order chi connectivity index (χ1) is 20.9. The van der Waals surface area contributed by atoms with Crippen LogP contribution in [0, 0.1) is 6.92 Å². The van der Waals surface area contributed by atoms with E-state index in [0.717, 1.165) is 44.9 Å². The number of para-hydroxylation sites is 2. The third kappa shape index (κ3) is 5.62. The highest BCUT2D eigenvalue weighted by molar-refractivity contribution is 6.07. The van der Waals surface area contributed by atoms with Gasteiger partial charge in [-0.05, 0) is 84.1 Å². The minimum absolute atomic E-state index is 0.100. The summed E-state index contributed by atoms with van der Waals surface area (Å²) in [7, 11) is 1.66. The van der Waals surface area contributed by atoms with Gasteiger partial charge < -0.3 is 24.6 Å². The highest BCUT2D eigenvalue weighted by Gasteiger charge is 2.27. The van der Waals surface area contributed by atoms with Crippen LogP contribution in [-0.2, 0) is 19.5 Å². The van der Waals surface area contributed by atoms with Crippen LogP contribution < -0.4 is 15.0 Å². The Morgan fingerprint density at radius 3 is 2.42 bits per heavy atom. The Hall–Kier alpha value is -5.30. The number of aromatic nitrogens is 1. The summed E-state index contributed by atoms with van der Waals surface area (Å²) in [5.74, 6) is 0.741. The summed E-state index contributed by atoms with van der Waals surface area (Å²) in [5, 5.41) is 12.5. The molecule has 2 heterocycles. The number of ether oxygens (including phenoxy) is 1. The van der Waals surface area contributed by atoms with Crippen LogP contribution in [0.15, 0.2) is 103 Å². The van der Waals surface area contributed by atoms with E-state index in [9.17, 15) is 14.7 Å². The van der Waals surface area contributed by atoms with Gasteiger partial charge in [0, 0.05) is 29.1 Å². The minimum Gasteiger partial charge on any atom is -0.508 e. The summed E-state index contributed by atoms with van der Waals surface area (Å²) in [6.07, 6.45) is 0.653. The molecular weight excluding hydrogens is 538 g/mol. The molecule has 0 radical (unpaired) electrons. The van der Waals surface area contributed by atoms with Gasteiger partial charge in [-0.1, -0.05) is 54.6 Å². The molecule has 1 aliphatic heterocycles. The molecule has 0 spiro atoms. The van der Waals surface area contributed by atoms with E-state index in [1.54, 1.807) is 24.1 Å². The van der Waals surface area contributed by atoms with Crippen molar-refractivity contribution < 1.29 is 19.4 Å². The average Bonchev–Trinajstić information content (AvgIpc) is 3.34. The highest BCUT2D eigenvalue weighted by atomic mass is 16.5. The van der Waals surface area contributed by atoms with E-state index in [2.05, 4.69) is 5.32 Å². The van der Waals surface area contributed by atoms with Gasteiger partial charge in [0.25, 0.3) is 11.8 Å². The monoisotopic (exact) mass is 571 g/mol. The quantitative estimate of drug-likeness (QED) is 0.238. The summed E-state index contributed by atoms with van der Waals surface area (Å²) < 4.78 is 7.56. The zero-order chi connectivity index (χ0) is 29.9. The lowest BCUT2D eigenvalue weighted by Gasteiger charge is -2.23. The fraction of sp³-hybridized carbons (Fsp3) is 0.167. The molecule has 0 saturated carbocycles. The number of carbonyl (C=O) groups excluding carboxylic acids is 2. The number of benzene rings is 4. The maximum atomic E-state index is 14.1. The number of carbonyl (C=O) groups is 2. The van der Waals surface area contributed by atoms with Crippen molar-refractivity contribution in [2.75, 3.05) is 18.6 Å². The van der Waals surface area contributed by atoms with Crippen molar-refractivity contribution in [2.45, 2.75) is 26.4 Å². The lowest BCUT2D eigenvalue weighted by Crippen LogP contribution is -2.31. The van der Waals surface area contributed by atoms with Crippen molar-refractivity contribution in [2.24, 2.45) is 0 Å². The number of fused-ring (bicyclic) bond motifs is 2. The number of phenolic OH excluding ortho intramolecular Hbond substituents is 1. The molecule has 6 rings (SSSR count). The SMILES string of the molecule is COc1ccccc1-c1ccc(C(=O)N2Cc3ccc(C(=O)NCCc4ccc(O)cc4)n3Cc3ccccc32)cc1C. The van der Waals surface area contributed by atoms with Crippen LogP contribution in [0.2, 0.25) is 0 Å². The lowest BCUT2D eigenvalue weighted by atomic mass is 9.97. The molecule has 7 nitrogen and oxygen atoms in total. The topological polar surface area (TPSA) is 83.8 Å². The molecular formula is C36H33N3O4. The van der Waals surface area contributed by atoms with Crippen molar-refractivity contribution in [3.8, 4) is 22.6 Å². The van der Waals surface area contributed by atoms with Crippen LogP contribution in [-0.4, -0.2) is 35.1 Å². The Bertz CT molecular complexity index is 1810. The first kappa shape index (κ1) is 27.8. The number of amides is 2. The van der Waals surface area contributed by atoms with Crippen molar-refractivity contribution in [1.29, 1.82) is 0 Å². The maximum Gasteiger partial charge on any atom is 0.267 e. The van der Waals surface area contributed by atoms with Crippen LogP contribution in [0.3, 0.4) is 0 Å². The highest BCUT2D eigenvalue weighted by Crippen LogP contribution is 2.34. The van der Waals surface area contributed by atoms with Gasteiger partial charge >= 0.3 is 0 Å². The van der Waals surface area contributed by atoms with Gasteiger partial charge in [-0.2, -0.15) is 0 Å². The number of aromatic hydroxyl groups is 1. The first-order valence-electron chi connectivity index (χ1n) is 14.3. The zero-order valence-corrected chi connectivity index (χ0v) is 24.2. The molecule has 4 aromatic carbocycles. The molecule has 2 N–H and O–H groups in total. The lowest BCUT2D eigenvalue weighted by molar-refractivity contribution is 0.0944. The normalized spacial score (nSPS) is 12.2. The molecule has 43 heavy (non-hydrogen) atoms. The zero-order valence-electron chi connectivity index (χ0n) is 24.2. The van der Waals surface area contributed by atoms with E-state index in [1.165, 1.54) is 0 Å². The van der Waals surface area contributed by atoms with Crippen molar-refractivity contribution in [1.82, 2.24) is 9.88 Å². The smallest absolute Gasteiger partial charge is 0.267 e. The van der Waals surface area contributed by atoms with Gasteiger partial charge in [-0.15, -0.1) is 0 Å². The minimum atomic E-state index is -0.162. The summed E-state index contributed by atoms with van der Waals surface area (Å²) >= 11 is 0. The van der Waals surface area contributed by atoms with Gasteiger partial charge in [0.2, 0.25) is 0 Å². The Labute approximate surface area is 251 Å². The Morgan fingerprint density at radius 2 is 1.63 bits per heavy atom. The molecule has 5 aromatic rings. The Balaban J connectivity index is 1.25.